The van der Waals surface area contributed by atoms with Gasteiger partial charge in [0.15, 0.2) is 0 Å². The van der Waals surface area contributed by atoms with Gasteiger partial charge in [-0.2, -0.15) is 0 Å². The Morgan fingerprint density at radius 3 is 2.90 bits per heavy atom. The molecule has 4 nitrogen and oxygen atoms in total. The van der Waals surface area contributed by atoms with Crippen molar-refractivity contribution in [1.82, 2.24) is 4.98 Å². The molecule has 0 fully saturated rings. The number of aliphatic carboxylic acids is 1. The van der Waals surface area contributed by atoms with Crippen LogP contribution in [0.4, 0.5) is 0 Å². The first-order chi connectivity index (χ1) is 9.63. The van der Waals surface area contributed by atoms with Gasteiger partial charge < -0.3 is 9.84 Å². The van der Waals surface area contributed by atoms with Crippen LogP contribution >= 0.6 is 15.9 Å². The van der Waals surface area contributed by atoms with E-state index >= 15 is 0 Å². The molecular weight excluding hydrogens is 322 g/mol. The van der Waals surface area contributed by atoms with E-state index in [-0.39, 0.29) is 0 Å². The van der Waals surface area contributed by atoms with Crippen molar-refractivity contribution in [1.29, 1.82) is 0 Å². The van der Waals surface area contributed by atoms with Crippen LogP contribution in [-0.2, 0) is 11.4 Å². The first kappa shape index (κ1) is 14.3. The topological polar surface area (TPSA) is 59.4 Å². The van der Waals surface area contributed by atoms with Crippen molar-refractivity contribution in [2.45, 2.75) is 6.61 Å². The quantitative estimate of drug-likeness (QED) is 0.850. The van der Waals surface area contributed by atoms with Gasteiger partial charge in [-0.1, -0.05) is 12.1 Å². The Hall–Kier alpha value is -2.14. The van der Waals surface area contributed by atoms with Gasteiger partial charge in [0.25, 0.3) is 0 Å². The van der Waals surface area contributed by atoms with Crippen molar-refractivity contribution < 1.29 is 14.6 Å². The number of carbonyl (C=O) groups is 1. The fourth-order valence-corrected chi connectivity index (χ4v) is 1.76. The average Bonchev–Trinajstić information content (AvgIpc) is 2.45. The number of hydrogen-bond acceptors (Lipinski definition) is 3. The molecule has 20 heavy (non-hydrogen) atoms. The minimum atomic E-state index is -0.976. The zero-order valence-electron chi connectivity index (χ0n) is 10.5. The SMILES string of the molecule is O=C(O)/C=C/c1cccc(OCc2ccc(Br)cn2)c1. The van der Waals surface area contributed by atoms with E-state index in [1.807, 2.05) is 30.3 Å². The second-order valence-electron chi connectivity index (χ2n) is 4.00. The summed E-state index contributed by atoms with van der Waals surface area (Å²) in [5.41, 5.74) is 1.59. The Bertz CT molecular complexity index is 623. The largest absolute Gasteiger partial charge is 0.487 e. The molecule has 0 radical (unpaired) electrons. The van der Waals surface area contributed by atoms with E-state index in [4.69, 9.17) is 9.84 Å². The number of rotatable bonds is 5. The summed E-state index contributed by atoms with van der Waals surface area (Å²) in [5.74, 6) is -0.308. The minimum Gasteiger partial charge on any atom is -0.487 e. The van der Waals surface area contributed by atoms with Gasteiger partial charge in [-0.15, -0.1) is 0 Å². The van der Waals surface area contributed by atoms with Crippen molar-refractivity contribution in [2.75, 3.05) is 0 Å². The van der Waals surface area contributed by atoms with Crippen molar-refractivity contribution in [3.63, 3.8) is 0 Å². The highest BCUT2D eigenvalue weighted by atomic mass is 79.9. The van der Waals surface area contributed by atoms with E-state index < -0.39 is 5.97 Å². The van der Waals surface area contributed by atoms with Gasteiger partial charge in [0.2, 0.25) is 0 Å². The normalized spacial score (nSPS) is 10.7. The zero-order valence-corrected chi connectivity index (χ0v) is 12.1. The summed E-state index contributed by atoms with van der Waals surface area (Å²) < 4.78 is 6.54. The Labute approximate surface area is 124 Å². The van der Waals surface area contributed by atoms with Gasteiger partial charge in [0, 0.05) is 16.7 Å². The fraction of sp³-hybridized carbons (Fsp3) is 0.0667. The van der Waals surface area contributed by atoms with Crippen LogP contribution in [0.2, 0.25) is 0 Å². The lowest BCUT2D eigenvalue weighted by Crippen LogP contribution is -1.97. The summed E-state index contributed by atoms with van der Waals surface area (Å²) in [6.45, 7) is 0.360. The van der Waals surface area contributed by atoms with Crippen LogP contribution in [0.1, 0.15) is 11.3 Å². The van der Waals surface area contributed by atoms with E-state index in [1.165, 1.54) is 6.08 Å². The number of ether oxygens (including phenoxy) is 1. The van der Waals surface area contributed by atoms with Gasteiger partial charge in [-0.25, -0.2) is 4.79 Å². The monoisotopic (exact) mass is 333 g/mol. The lowest BCUT2D eigenvalue weighted by molar-refractivity contribution is -0.131. The number of halogens is 1. The van der Waals surface area contributed by atoms with E-state index in [0.717, 1.165) is 21.8 Å². The highest BCUT2D eigenvalue weighted by Crippen LogP contribution is 2.16. The maximum Gasteiger partial charge on any atom is 0.328 e. The number of carboxylic acids is 1. The molecule has 0 saturated heterocycles. The second kappa shape index (κ2) is 6.86. The molecular formula is C15H12BrNO3. The van der Waals surface area contributed by atoms with E-state index in [2.05, 4.69) is 20.9 Å². The first-order valence-electron chi connectivity index (χ1n) is 5.88. The predicted molar refractivity (Wildman–Crippen MR) is 79.4 cm³/mol. The standard InChI is InChI=1S/C15H12BrNO3/c16-12-5-6-13(17-9-12)10-20-14-3-1-2-11(8-14)4-7-15(18)19/h1-9H,10H2,(H,18,19)/b7-4+. The predicted octanol–water partition coefficient (Wildman–Crippen LogP) is 3.52. The van der Waals surface area contributed by atoms with Crippen LogP contribution in [0.15, 0.2) is 53.1 Å². The highest BCUT2D eigenvalue weighted by molar-refractivity contribution is 9.10. The molecule has 0 aliphatic heterocycles. The molecule has 5 heteroatoms. The molecule has 0 saturated carbocycles. The molecule has 102 valence electrons. The van der Waals surface area contributed by atoms with Gasteiger partial charge in [-0.05, 0) is 51.8 Å². The zero-order chi connectivity index (χ0) is 14.4. The van der Waals surface area contributed by atoms with Gasteiger partial charge >= 0.3 is 5.97 Å². The summed E-state index contributed by atoms with van der Waals surface area (Å²) >= 11 is 3.32. The summed E-state index contributed by atoms with van der Waals surface area (Å²) in [5, 5.41) is 8.59. The van der Waals surface area contributed by atoms with Gasteiger partial charge in [0.1, 0.15) is 12.4 Å². The summed E-state index contributed by atoms with van der Waals surface area (Å²) in [6, 6.07) is 11.0. The van der Waals surface area contributed by atoms with Crippen molar-refractivity contribution >= 4 is 28.0 Å². The third-order valence-electron chi connectivity index (χ3n) is 2.45. The Morgan fingerprint density at radius 1 is 1.35 bits per heavy atom. The van der Waals surface area contributed by atoms with Crippen molar-refractivity contribution in [3.05, 3.63) is 64.4 Å². The fourth-order valence-electron chi connectivity index (χ4n) is 1.52. The third kappa shape index (κ3) is 4.51. The first-order valence-corrected chi connectivity index (χ1v) is 6.67. The lowest BCUT2D eigenvalue weighted by atomic mass is 10.2. The number of pyridine rings is 1. The number of aromatic nitrogens is 1. The number of nitrogens with zero attached hydrogens (tertiary/aromatic N) is 1. The Morgan fingerprint density at radius 2 is 2.20 bits per heavy atom. The van der Waals surface area contributed by atoms with Crippen LogP contribution in [0.5, 0.6) is 5.75 Å². The average molecular weight is 334 g/mol. The molecule has 1 aromatic carbocycles. The number of benzene rings is 1. The lowest BCUT2D eigenvalue weighted by Gasteiger charge is -2.06. The second-order valence-corrected chi connectivity index (χ2v) is 4.92. The van der Waals surface area contributed by atoms with E-state index in [0.29, 0.717) is 12.4 Å². The minimum absolute atomic E-state index is 0.360. The molecule has 0 amide bonds. The van der Waals surface area contributed by atoms with Crippen LogP contribution in [0, 0.1) is 0 Å². The molecule has 0 aliphatic rings. The third-order valence-corrected chi connectivity index (χ3v) is 2.92. The molecule has 1 heterocycles. The van der Waals surface area contributed by atoms with Gasteiger partial charge in [-0.3, -0.25) is 4.98 Å². The van der Waals surface area contributed by atoms with Crippen molar-refractivity contribution in [2.24, 2.45) is 0 Å². The smallest absolute Gasteiger partial charge is 0.328 e. The van der Waals surface area contributed by atoms with Crippen LogP contribution in [-0.4, -0.2) is 16.1 Å². The molecule has 0 bridgehead atoms. The summed E-state index contributed by atoms with van der Waals surface area (Å²) in [7, 11) is 0. The molecule has 2 rings (SSSR count). The van der Waals surface area contributed by atoms with Crippen LogP contribution in [0.25, 0.3) is 6.08 Å². The summed E-state index contributed by atoms with van der Waals surface area (Å²) in [6.07, 6.45) is 4.33. The van der Waals surface area contributed by atoms with E-state index in [9.17, 15) is 4.79 Å². The molecule has 1 N–H and O–H groups in total. The maximum atomic E-state index is 10.5. The van der Waals surface area contributed by atoms with Crippen LogP contribution in [0.3, 0.4) is 0 Å². The number of carboxylic acid groups (broad SMARTS) is 1. The van der Waals surface area contributed by atoms with Crippen molar-refractivity contribution in [3.8, 4) is 5.75 Å². The van der Waals surface area contributed by atoms with Crippen LogP contribution < -0.4 is 4.74 Å². The summed E-state index contributed by atoms with van der Waals surface area (Å²) in [4.78, 5) is 14.7. The molecule has 0 unspecified atom stereocenters. The Balaban J connectivity index is 2.01. The molecule has 1 aromatic heterocycles. The molecule has 2 aromatic rings. The molecule has 0 aliphatic carbocycles. The maximum absolute atomic E-state index is 10.5. The Kier molecular flexibility index (Phi) is 4.90. The number of hydrogen-bond donors (Lipinski definition) is 1. The molecule has 0 atom stereocenters. The highest BCUT2D eigenvalue weighted by Gasteiger charge is 1.98. The molecule has 0 spiro atoms. The van der Waals surface area contributed by atoms with E-state index in [1.54, 1.807) is 12.3 Å². The van der Waals surface area contributed by atoms with Gasteiger partial charge in [0.05, 0.1) is 5.69 Å².